The first-order chi connectivity index (χ1) is 9.58. The zero-order chi connectivity index (χ0) is 14.8. The molecule has 5 nitrogen and oxygen atoms in total. The lowest BCUT2D eigenvalue weighted by atomic mass is 10.1. The van der Waals surface area contributed by atoms with Crippen LogP contribution < -0.4 is 11.5 Å². The van der Waals surface area contributed by atoms with Crippen molar-refractivity contribution in [2.75, 3.05) is 0 Å². The quantitative estimate of drug-likeness (QED) is 0.861. The van der Waals surface area contributed by atoms with Gasteiger partial charge in [-0.05, 0) is 17.7 Å². The largest absolute Gasteiger partial charge is 0.369 e. The Morgan fingerprint density at radius 2 is 1.45 bits per heavy atom. The topological polar surface area (TPSA) is 99.1 Å². The minimum absolute atomic E-state index is 0.223. The third-order valence-electron chi connectivity index (χ3n) is 2.30. The van der Waals surface area contributed by atoms with Gasteiger partial charge in [-0.1, -0.05) is 36.4 Å². The number of amides is 2. The molecule has 0 bridgehead atoms. The Hall–Kier alpha value is -2.69. The molecule has 2 rings (SSSR count). The molecular weight excluding hydrogens is 254 g/mol. The molecule has 1 aromatic heterocycles. The van der Waals surface area contributed by atoms with Gasteiger partial charge in [0.15, 0.2) is 0 Å². The minimum atomic E-state index is -0.348. The van der Waals surface area contributed by atoms with E-state index in [1.165, 1.54) is 0 Å². The van der Waals surface area contributed by atoms with E-state index in [0.717, 1.165) is 11.3 Å². The van der Waals surface area contributed by atoms with Crippen LogP contribution >= 0.6 is 0 Å². The summed E-state index contributed by atoms with van der Waals surface area (Å²) in [4.78, 5) is 24.7. The fourth-order valence-corrected chi connectivity index (χ4v) is 1.48. The highest BCUT2D eigenvalue weighted by molar-refractivity contribution is 5.76. The molecule has 1 heterocycles. The summed E-state index contributed by atoms with van der Waals surface area (Å²) in [5.41, 5.74) is 11.6. The lowest BCUT2D eigenvalue weighted by Gasteiger charge is -1.93. The second-order valence-corrected chi connectivity index (χ2v) is 4.09. The number of hydrogen-bond donors (Lipinski definition) is 2. The molecule has 0 unspecified atom stereocenters. The van der Waals surface area contributed by atoms with E-state index in [1.54, 1.807) is 18.3 Å². The third kappa shape index (κ3) is 6.90. The zero-order valence-corrected chi connectivity index (χ0v) is 11.0. The number of pyridine rings is 1. The first kappa shape index (κ1) is 15.4. The van der Waals surface area contributed by atoms with Crippen LogP contribution in [0.5, 0.6) is 0 Å². The summed E-state index contributed by atoms with van der Waals surface area (Å²) in [5.74, 6) is -0.634. The van der Waals surface area contributed by atoms with Gasteiger partial charge in [0.1, 0.15) is 0 Å². The van der Waals surface area contributed by atoms with Crippen LogP contribution in [0.15, 0.2) is 54.7 Å². The van der Waals surface area contributed by atoms with Gasteiger partial charge in [0.25, 0.3) is 0 Å². The van der Waals surface area contributed by atoms with Crippen LogP contribution in [-0.4, -0.2) is 16.8 Å². The van der Waals surface area contributed by atoms with E-state index < -0.39 is 0 Å². The van der Waals surface area contributed by atoms with E-state index in [1.807, 2.05) is 36.4 Å². The average molecular weight is 271 g/mol. The number of nitrogens with zero attached hydrogens (tertiary/aromatic N) is 1. The van der Waals surface area contributed by atoms with Crippen molar-refractivity contribution in [3.63, 3.8) is 0 Å². The van der Waals surface area contributed by atoms with Gasteiger partial charge in [-0.3, -0.25) is 14.6 Å². The lowest BCUT2D eigenvalue weighted by Crippen LogP contribution is -2.14. The van der Waals surface area contributed by atoms with Crippen LogP contribution in [0.2, 0.25) is 0 Å². The first-order valence-electron chi connectivity index (χ1n) is 6.08. The first-order valence-corrected chi connectivity index (χ1v) is 6.08. The Morgan fingerprint density at radius 1 is 0.850 bits per heavy atom. The van der Waals surface area contributed by atoms with E-state index >= 15 is 0 Å². The number of carbonyl (C=O) groups excluding carboxylic acids is 2. The van der Waals surface area contributed by atoms with E-state index in [-0.39, 0.29) is 18.2 Å². The SMILES string of the molecule is NC(=O)Cc1ccccc1.NC(=O)Cc1ccccn1. The molecule has 0 spiro atoms. The molecule has 104 valence electrons. The summed E-state index contributed by atoms with van der Waals surface area (Å²) in [6.07, 6.45) is 2.19. The van der Waals surface area contributed by atoms with E-state index in [4.69, 9.17) is 11.5 Å². The summed E-state index contributed by atoms with van der Waals surface area (Å²) in [6, 6.07) is 14.8. The van der Waals surface area contributed by atoms with Gasteiger partial charge in [0, 0.05) is 11.9 Å². The van der Waals surface area contributed by atoms with Crippen molar-refractivity contribution in [3.05, 3.63) is 66.0 Å². The third-order valence-corrected chi connectivity index (χ3v) is 2.30. The van der Waals surface area contributed by atoms with Gasteiger partial charge in [0.05, 0.1) is 12.8 Å². The van der Waals surface area contributed by atoms with E-state index in [2.05, 4.69) is 4.98 Å². The molecule has 20 heavy (non-hydrogen) atoms. The second-order valence-electron chi connectivity index (χ2n) is 4.09. The van der Waals surface area contributed by atoms with E-state index in [0.29, 0.717) is 6.42 Å². The van der Waals surface area contributed by atoms with Gasteiger partial charge in [-0.15, -0.1) is 0 Å². The number of hydrogen-bond acceptors (Lipinski definition) is 3. The number of nitrogens with two attached hydrogens (primary N) is 2. The van der Waals surface area contributed by atoms with Crippen molar-refractivity contribution in [2.24, 2.45) is 11.5 Å². The smallest absolute Gasteiger partial charge is 0.223 e. The normalized spacial score (nSPS) is 9.20. The highest BCUT2D eigenvalue weighted by atomic mass is 16.1. The molecule has 2 amide bonds. The Balaban J connectivity index is 0.000000200. The van der Waals surface area contributed by atoms with Gasteiger partial charge < -0.3 is 11.5 Å². The van der Waals surface area contributed by atoms with Gasteiger partial charge in [-0.25, -0.2) is 0 Å². The summed E-state index contributed by atoms with van der Waals surface area (Å²) in [5, 5.41) is 0. The molecule has 1 aromatic carbocycles. The molecule has 2 aromatic rings. The van der Waals surface area contributed by atoms with Crippen molar-refractivity contribution in [2.45, 2.75) is 12.8 Å². The van der Waals surface area contributed by atoms with Crippen LogP contribution in [-0.2, 0) is 22.4 Å². The maximum Gasteiger partial charge on any atom is 0.223 e. The molecule has 0 saturated heterocycles. The Bertz CT molecular complexity index is 490. The fraction of sp³-hybridized carbons (Fsp3) is 0.133. The molecule has 5 heteroatoms. The molecule has 0 aliphatic carbocycles. The van der Waals surface area contributed by atoms with E-state index in [9.17, 15) is 9.59 Å². The summed E-state index contributed by atoms with van der Waals surface area (Å²) in [6.45, 7) is 0. The predicted molar refractivity (Wildman–Crippen MR) is 76.5 cm³/mol. The molecule has 0 aliphatic rings. The molecular formula is C15H17N3O2. The lowest BCUT2D eigenvalue weighted by molar-refractivity contribution is -0.118. The molecule has 0 fully saturated rings. The minimum Gasteiger partial charge on any atom is -0.369 e. The molecule has 4 N–H and O–H groups in total. The number of carbonyl (C=O) groups is 2. The van der Waals surface area contributed by atoms with Crippen LogP contribution in [0, 0.1) is 0 Å². The summed E-state index contributed by atoms with van der Waals surface area (Å²) >= 11 is 0. The molecule has 0 atom stereocenters. The van der Waals surface area contributed by atoms with Gasteiger partial charge >= 0.3 is 0 Å². The van der Waals surface area contributed by atoms with Gasteiger partial charge in [-0.2, -0.15) is 0 Å². The van der Waals surface area contributed by atoms with Crippen LogP contribution in [0.3, 0.4) is 0 Å². The zero-order valence-electron chi connectivity index (χ0n) is 11.0. The van der Waals surface area contributed by atoms with Crippen molar-refractivity contribution < 1.29 is 9.59 Å². The monoisotopic (exact) mass is 271 g/mol. The number of benzene rings is 1. The highest BCUT2D eigenvalue weighted by Crippen LogP contribution is 1.97. The maximum absolute atomic E-state index is 10.4. The molecule has 0 radical (unpaired) electrons. The molecule has 0 aliphatic heterocycles. The Kier molecular flexibility index (Phi) is 6.47. The van der Waals surface area contributed by atoms with Crippen molar-refractivity contribution in [1.29, 1.82) is 0 Å². The van der Waals surface area contributed by atoms with Crippen LogP contribution in [0.1, 0.15) is 11.3 Å². The maximum atomic E-state index is 10.4. The standard InChI is InChI=1S/C8H9NO.C7H8N2O/c9-8(10)6-7-4-2-1-3-5-7;8-7(10)5-6-3-1-2-4-9-6/h1-5H,6H2,(H2,9,10);1-4H,5H2,(H2,8,10). The number of aromatic nitrogens is 1. The van der Waals surface area contributed by atoms with Crippen LogP contribution in [0.4, 0.5) is 0 Å². The Labute approximate surface area is 117 Å². The summed E-state index contributed by atoms with van der Waals surface area (Å²) in [7, 11) is 0. The highest BCUT2D eigenvalue weighted by Gasteiger charge is 1.96. The summed E-state index contributed by atoms with van der Waals surface area (Å²) < 4.78 is 0. The Morgan fingerprint density at radius 3 is 1.95 bits per heavy atom. The predicted octanol–water partition coefficient (Wildman–Crippen LogP) is 0.824. The van der Waals surface area contributed by atoms with Crippen molar-refractivity contribution in [1.82, 2.24) is 4.98 Å². The van der Waals surface area contributed by atoms with Crippen molar-refractivity contribution >= 4 is 11.8 Å². The fourth-order valence-electron chi connectivity index (χ4n) is 1.48. The second kappa shape index (κ2) is 8.42. The average Bonchev–Trinajstić information content (AvgIpc) is 2.40. The number of rotatable bonds is 4. The van der Waals surface area contributed by atoms with Gasteiger partial charge in [0.2, 0.25) is 11.8 Å². The van der Waals surface area contributed by atoms with Crippen LogP contribution in [0.25, 0.3) is 0 Å². The number of primary amides is 2. The van der Waals surface area contributed by atoms with Crippen molar-refractivity contribution in [3.8, 4) is 0 Å². The molecule has 0 saturated carbocycles.